The van der Waals surface area contributed by atoms with Crippen LogP contribution in [0.5, 0.6) is 0 Å². The molecule has 0 aromatic carbocycles. The molecule has 0 amide bonds. The van der Waals surface area contributed by atoms with Gasteiger partial charge in [-0.2, -0.15) is 11.8 Å². The van der Waals surface area contributed by atoms with Crippen molar-refractivity contribution in [3.05, 3.63) is 21.4 Å². The lowest BCUT2D eigenvalue weighted by atomic mass is 10.3. The highest BCUT2D eigenvalue weighted by atomic mass is 32.2. The first-order valence-corrected chi connectivity index (χ1v) is 6.99. The number of thioether (sulfide) groups is 1. The largest absolute Gasteiger partial charge is 0.477 e. The summed E-state index contributed by atoms with van der Waals surface area (Å²) in [5.41, 5.74) is 1.03. The minimum atomic E-state index is -0.885. The van der Waals surface area contributed by atoms with Gasteiger partial charge in [-0.15, -0.1) is 11.3 Å². The maximum absolute atomic E-state index is 10.9. The Morgan fingerprint density at radius 1 is 1.53 bits per heavy atom. The van der Waals surface area contributed by atoms with Crippen LogP contribution < -0.4 is 0 Å². The molecule has 1 aromatic heterocycles. The van der Waals surface area contributed by atoms with E-state index in [-0.39, 0.29) is 5.97 Å². The summed E-state index contributed by atoms with van der Waals surface area (Å²) >= 11 is 2.89. The van der Waals surface area contributed by atoms with Crippen LogP contribution in [0, 0.1) is 6.92 Å². The number of carbonyl (C=O) groups is 2. The van der Waals surface area contributed by atoms with Crippen molar-refractivity contribution in [3.63, 3.8) is 0 Å². The Bertz CT molecular complexity index is 412. The Balaban J connectivity index is 2.41. The van der Waals surface area contributed by atoms with Crippen LogP contribution in [0.25, 0.3) is 0 Å². The van der Waals surface area contributed by atoms with E-state index in [1.54, 1.807) is 17.8 Å². The molecular weight excluding hydrogens is 260 g/mol. The van der Waals surface area contributed by atoms with E-state index in [2.05, 4.69) is 4.74 Å². The first-order chi connectivity index (χ1) is 8.04. The van der Waals surface area contributed by atoms with Crippen LogP contribution in [0.4, 0.5) is 0 Å². The van der Waals surface area contributed by atoms with Crippen molar-refractivity contribution in [3.8, 4) is 0 Å². The summed E-state index contributed by atoms with van der Waals surface area (Å²) in [5.74, 6) is 0.312. The third-order valence-corrected chi connectivity index (χ3v) is 4.26. The Labute approximate surface area is 108 Å². The van der Waals surface area contributed by atoms with Gasteiger partial charge >= 0.3 is 11.9 Å². The molecule has 1 rings (SSSR count). The zero-order valence-electron chi connectivity index (χ0n) is 9.69. The molecule has 0 fully saturated rings. The monoisotopic (exact) mass is 274 g/mol. The Morgan fingerprint density at radius 3 is 2.76 bits per heavy atom. The molecule has 1 heterocycles. The van der Waals surface area contributed by atoms with Crippen LogP contribution in [-0.4, -0.2) is 29.9 Å². The third-order valence-electron chi connectivity index (χ3n) is 2.17. The average Bonchev–Trinajstić information content (AvgIpc) is 2.66. The number of hydrogen-bond acceptors (Lipinski definition) is 5. The molecule has 0 bridgehead atoms. The standard InChI is InChI=1S/C11H14O4S2/c1-7-8(5-9(17-7)11(13)14)6-16-4-3-10(12)15-2/h5H,3-4,6H2,1-2H3,(H,13,14). The summed E-state index contributed by atoms with van der Waals surface area (Å²) in [6, 6.07) is 1.70. The molecule has 1 N–H and O–H groups in total. The van der Waals surface area contributed by atoms with E-state index in [0.717, 1.165) is 16.2 Å². The van der Waals surface area contributed by atoms with Gasteiger partial charge in [0.25, 0.3) is 0 Å². The fourth-order valence-corrected chi connectivity index (χ4v) is 3.16. The fourth-order valence-electron chi connectivity index (χ4n) is 1.21. The summed E-state index contributed by atoms with van der Waals surface area (Å²) in [4.78, 5) is 23.0. The summed E-state index contributed by atoms with van der Waals surface area (Å²) in [7, 11) is 1.37. The molecule has 0 aliphatic heterocycles. The number of esters is 1. The lowest BCUT2D eigenvalue weighted by molar-refractivity contribution is -0.140. The number of aromatic carboxylic acids is 1. The number of carboxylic acid groups (broad SMARTS) is 1. The first-order valence-electron chi connectivity index (χ1n) is 5.01. The predicted molar refractivity (Wildman–Crippen MR) is 68.8 cm³/mol. The zero-order valence-corrected chi connectivity index (χ0v) is 11.3. The van der Waals surface area contributed by atoms with Gasteiger partial charge in [-0.25, -0.2) is 4.79 Å². The van der Waals surface area contributed by atoms with Crippen LogP contribution in [0.15, 0.2) is 6.07 Å². The van der Waals surface area contributed by atoms with Crippen molar-refractivity contribution in [1.82, 2.24) is 0 Å². The van der Waals surface area contributed by atoms with E-state index >= 15 is 0 Å². The molecular formula is C11H14O4S2. The molecule has 0 saturated heterocycles. The second-order valence-electron chi connectivity index (χ2n) is 3.38. The summed E-state index contributed by atoms with van der Waals surface area (Å²) in [6.45, 7) is 1.91. The number of carbonyl (C=O) groups excluding carboxylic acids is 1. The molecule has 0 spiro atoms. The van der Waals surface area contributed by atoms with E-state index in [4.69, 9.17) is 5.11 Å². The maximum Gasteiger partial charge on any atom is 0.345 e. The van der Waals surface area contributed by atoms with Crippen molar-refractivity contribution >= 4 is 35.0 Å². The highest BCUT2D eigenvalue weighted by Crippen LogP contribution is 2.25. The summed E-state index contributed by atoms with van der Waals surface area (Å²) in [5, 5.41) is 8.84. The van der Waals surface area contributed by atoms with E-state index in [0.29, 0.717) is 17.1 Å². The molecule has 0 saturated carbocycles. The highest BCUT2D eigenvalue weighted by Gasteiger charge is 2.11. The van der Waals surface area contributed by atoms with Crippen LogP contribution in [0.2, 0.25) is 0 Å². The van der Waals surface area contributed by atoms with Crippen molar-refractivity contribution in [1.29, 1.82) is 0 Å². The third kappa shape index (κ3) is 4.40. The quantitative estimate of drug-likeness (QED) is 0.638. The average molecular weight is 274 g/mol. The lowest BCUT2D eigenvalue weighted by Gasteiger charge is -2.00. The second-order valence-corrected chi connectivity index (χ2v) is 5.74. The number of hydrogen-bond donors (Lipinski definition) is 1. The summed E-state index contributed by atoms with van der Waals surface area (Å²) in [6.07, 6.45) is 0.385. The van der Waals surface area contributed by atoms with Crippen LogP contribution in [-0.2, 0) is 15.3 Å². The van der Waals surface area contributed by atoms with Crippen molar-refractivity contribution in [2.45, 2.75) is 19.1 Å². The van der Waals surface area contributed by atoms with Gasteiger partial charge in [0.05, 0.1) is 13.5 Å². The number of aryl methyl sites for hydroxylation is 1. The maximum atomic E-state index is 10.9. The molecule has 0 unspecified atom stereocenters. The van der Waals surface area contributed by atoms with E-state index in [1.165, 1.54) is 18.4 Å². The minimum Gasteiger partial charge on any atom is -0.477 e. The smallest absolute Gasteiger partial charge is 0.345 e. The van der Waals surface area contributed by atoms with Gasteiger partial charge in [0.15, 0.2) is 0 Å². The number of rotatable bonds is 6. The van der Waals surface area contributed by atoms with Crippen molar-refractivity contribution in [2.75, 3.05) is 12.9 Å². The molecule has 1 aromatic rings. The SMILES string of the molecule is COC(=O)CCSCc1cc(C(=O)O)sc1C. The molecule has 94 valence electrons. The van der Waals surface area contributed by atoms with Crippen LogP contribution >= 0.6 is 23.1 Å². The lowest BCUT2D eigenvalue weighted by Crippen LogP contribution is -2.01. The highest BCUT2D eigenvalue weighted by molar-refractivity contribution is 7.98. The fraction of sp³-hybridized carbons (Fsp3) is 0.455. The van der Waals surface area contributed by atoms with Crippen LogP contribution in [0.3, 0.4) is 0 Å². The van der Waals surface area contributed by atoms with Gasteiger partial charge in [-0.1, -0.05) is 0 Å². The molecule has 6 heteroatoms. The van der Waals surface area contributed by atoms with Gasteiger partial charge in [-0.05, 0) is 18.6 Å². The molecule has 0 radical (unpaired) electrons. The van der Waals surface area contributed by atoms with Gasteiger partial charge in [0.1, 0.15) is 4.88 Å². The Hall–Kier alpha value is -1.01. The molecule has 4 nitrogen and oxygen atoms in total. The topological polar surface area (TPSA) is 63.6 Å². The Kier molecular flexibility index (Phi) is 5.50. The van der Waals surface area contributed by atoms with E-state index in [1.807, 2.05) is 6.92 Å². The van der Waals surface area contributed by atoms with Crippen LogP contribution in [0.1, 0.15) is 26.5 Å². The molecule has 17 heavy (non-hydrogen) atoms. The van der Waals surface area contributed by atoms with Gasteiger partial charge < -0.3 is 9.84 Å². The Morgan fingerprint density at radius 2 is 2.24 bits per heavy atom. The number of ether oxygens (including phenoxy) is 1. The normalized spacial score (nSPS) is 10.2. The molecule has 0 atom stereocenters. The van der Waals surface area contributed by atoms with Gasteiger partial charge in [-0.3, -0.25) is 4.79 Å². The number of thiophene rings is 1. The summed E-state index contributed by atoms with van der Waals surface area (Å²) < 4.78 is 4.53. The van der Waals surface area contributed by atoms with Crippen molar-refractivity contribution in [2.24, 2.45) is 0 Å². The van der Waals surface area contributed by atoms with Crippen molar-refractivity contribution < 1.29 is 19.4 Å². The molecule has 0 aliphatic carbocycles. The number of methoxy groups -OCH3 is 1. The van der Waals surface area contributed by atoms with E-state index < -0.39 is 5.97 Å². The zero-order chi connectivity index (χ0) is 12.8. The van der Waals surface area contributed by atoms with Gasteiger partial charge in [0, 0.05) is 16.4 Å². The first kappa shape index (κ1) is 14.1. The van der Waals surface area contributed by atoms with E-state index in [9.17, 15) is 9.59 Å². The molecule has 0 aliphatic rings. The minimum absolute atomic E-state index is 0.217. The number of carboxylic acids is 1. The second kappa shape index (κ2) is 6.66. The predicted octanol–water partition coefficient (Wildman–Crippen LogP) is 2.55. The van der Waals surface area contributed by atoms with Gasteiger partial charge in [0.2, 0.25) is 0 Å².